The number of carbonyl (C=O) groups excluding carboxylic acids is 1. The second-order valence-electron chi connectivity index (χ2n) is 8.06. The van der Waals surface area contributed by atoms with E-state index >= 15 is 0 Å². The number of nitrogens with zero attached hydrogens (tertiary/aromatic N) is 4. The van der Waals surface area contributed by atoms with Crippen LogP contribution in [0.1, 0.15) is 48.1 Å². The maximum Gasteiger partial charge on any atom is 0.273 e. The van der Waals surface area contributed by atoms with Crippen LogP contribution in [0.15, 0.2) is 30.3 Å². The molecule has 3 unspecified atom stereocenters. The minimum atomic E-state index is -3.26. The minimum Gasteiger partial charge on any atom is -0.598 e. The van der Waals surface area contributed by atoms with Crippen molar-refractivity contribution in [1.29, 1.82) is 0 Å². The molecule has 1 amide bonds. The molecule has 7 nitrogen and oxygen atoms in total. The van der Waals surface area contributed by atoms with E-state index in [-0.39, 0.29) is 23.9 Å². The molecule has 2 aromatic rings. The Kier molecular flexibility index (Phi) is 4.68. The number of sulfonamides is 1. The normalized spacial score (nSPS) is 24.8. The lowest BCUT2D eigenvalue weighted by atomic mass is 9.95. The van der Waals surface area contributed by atoms with Gasteiger partial charge in [0.15, 0.2) is 0 Å². The van der Waals surface area contributed by atoms with Gasteiger partial charge in [-0.15, -0.1) is 4.31 Å². The fourth-order valence-corrected chi connectivity index (χ4v) is 5.41. The number of hydrogen-bond donors (Lipinski definition) is 0. The molecule has 150 valence electrons. The van der Waals surface area contributed by atoms with Crippen molar-refractivity contribution in [3.05, 3.63) is 47.3 Å². The highest BCUT2D eigenvalue weighted by Crippen LogP contribution is 2.44. The highest BCUT2D eigenvalue weighted by atomic mass is 32.3. The predicted molar refractivity (Wildman–Crippen MR) is 107 cm³/mol. The van der Waals surface area contributed by atoms with Crippen molar-refractivity contribution in [3.63, 3.8) is 0 Å². The first-order valence-corrected chi connectivity index (χ1v) is 11.5. The van der Waals surface area contributed by atoms with Crippen molar-refractivity contribution in [2.45, 2.75) is 39.3 Å². The lowest BCUT2D eigenvalue weighted by Crippen LogP contribution is -2.43. The van der Waals surface area contributed by atoms with Crippen LogP contribution in [0.4, 0.5) is 0 Å². The molecule has 1 aromatic carbocycles. The number of aromatic nitrogens is 2. The average Bonchev–Trinajstić information content (AvgIpc) is 3.30. The van der Waals surface area contributed by atoms with E-state index in [4.69, 9.17) is 0 Å². The standard InChI is InChI=1S/C20H26N4O3S/c1-13(2)18-17-14(3)21-24(15-8-6-5-7-9-15)19(17)20(25)23(18)16-10-11-22(12-16)28(4,26)27/h5-9,13,16,18H,10-12H2,1-4H3. The van der Waals surface area contributed by atoms with Crippen molar-refractivity contribution in [2.75, 3.05) is 19.3 Å². The summed E-state index contributed by atoms with van der Waals surface area (Å²) in [6, 6.07) is 9.45. The van der Waals surface area contributed by atoms with Gasteiger partial charge in [-0.25, -0.2) is 4.68 Å². The molecule has 3 atom stereocenters. The van der Waals surface area contributed by atoms with E-state index < -0.39 is 10.4 Å². The molecule has 28 heavy (non-hydrogen) atoms. The molecule has 3 heterocycles. The number of carbonyl (C=O) groups is 1. The van der Waals surface area contributed by atoms with Crippen LogP contribution in [-0.4, -0.2) is 54.8 Å². The summed E-state index contributed by atoms with van der Waals surface area (Å²) in [4.78, 5) is 15.5. The number of hydrogen-bond acceptors (Lipinski definition) is 4. The fourth-order valence-electron chi connectivity index (χ4n) is 4.53. The number of aryl methyl sites for hydroxylation is 1. The Bertz CT molecular complexity index is 950. The molecule has 1 aromatic heterocycles. The van der Waals surface area contributed by atoms with Gasteiger partial charge in [-0.1, -0.05) is 36.3 Å². The molecule has 0 aliphatic carbocycles. The third kappa shape index (κ3) is 3.00. The van der Waals surface area contributed by atoms with Crippen LogP contribution in [0.2, 0.25) is 0 Å². The lowest BCUT2D eigenvalue weighted by molar-refractivity contribution is 0.0572. The first-order chi connectivity index (χ1) is 13.2. The average molecular weight is 403 g/mol. The zero-order chi connectivity index (χ0) is 20.2. The van der Waals surface area contributed by atoms with E-state index in [1.807, 2.05) is 42.2 Å². The molecule has 0 radical (unpaired) electrons. The summed E-state index contributed by atoms with van der Waals surface area (Å²) in [7, 11) is -3.26. The van der Waals surface area contributed by atoms with Crippen molar-refractivity contribution < 1.29 is 13.6 Å². The van der Waals surface area contributed by atoms with Gasteiger partial charge in [0, 0.05) is 12.1 Å². The second kappa shape index (κ2) is 6.79. The minimum absolute atomic E-state index is 0.0569. The van der Waals surface area contributed by atoms with Crippen LogP contribution in [0.5, 0.6) is 0 Å². The number of amides is 1. The smallest absolute Gasteiger partial charge is 0.273 e. The van der Waals surface area contributed by atoms with Crippen LogP contribution < -0.4 is 0 Å². The summed E-state index contributed by atoms with van der Waals surface area (Å²) >= 11 is 0. The van der Waals surface area contributed by atoms with Gasteiger partial charge in [0.1, 0.15) is 22.3 Å². The zero-order valence-corrected chi connectivity index (χ0v) is 17.5. The van der Waals surface area contributed by atoms with Gasteiger partial charge in [0.05, 0.1) is 30.0 Å². The molecule has 2 aliphatic heterocycles. The van der Waals surface area contributed by atoms with Gasteiger partial charge in [-0.2, -0.15) is 5.10 Å². The van der Waals surface area contributed by atoms with E-state index in [1.165, 1.54) is 10.6 Å². The van der Waals surface area contributed by atoms with Crippen LogP contribution in [-0.2, 0) is 14.6 Å². The Labute approximate surface area is 166 Å². The third-order valence-corrected chi connectivity index (χ3v) is 7.03. The van der Waals surface area contributed by atoms with Crippen molar-refractivity contribution in [1.82, 2.24) is 19.0 Å². The van der Waals surface area contributed by atoms with Gasteiger partial charge >= 0.3 is 0 Å². The van der Waals surface area contributed by atoms with Gasteiger partial charge in [-0.05, 0) is 31.4 Å². The maximum absolute atomic E-state index is 13.6. The molecule has 2 aliphatic rings. The van der Waals surface area contributed by atoms with Gasteiger partial charge in [-0.3, -0.25) is 4.79 Å². The number of rotatable bonds is 4. The SMILES string of the molecule is Cc1nn(-c2ccccc2)c2c1C(C(C)C)N(C1CCN([S+](C)(=O)[O-])C1)C2=O. The summed E-state index contributed by atoms with van der Waals surface area (Å²) < 4.78 is 27.1. The molecule has 0 spiro atoms. The second-order valence-corrected chi connectivity index (χ2v) is 10.0. The zero-order valence-electron chi connectivity index (χ0n) is 16.7. The van der Waals surface area contributed by atoms with Crippen LogP contribution in [0.25, 0.3) is 5.69 Å². The Morgan fingerprint density at radius 2 is 1.93 bits per heavy atom. The van der Waals surface area contributed by atoms with Crippen LogP contribution in [0, 0.1) is 12.8 Å². The van der Waals surface area contributed by atoms with Crippen LogP contribution >= 0.6 is 0 Å². The van der Waals surface area contributed by atoms with Gasteiger partial charge in [0.25, 0.3) is 5.91 Å². The summed E-state index contributed by atoms with van der Waals surface area (Å²) in [5.74, 6) is 0.142. The molecule has 0 saturated carbocycles. The highest BCUT2D eigenvalue weighted by Gasteiger charge is 2.49. The van der Waals surface area contributed by atoms with Gasteiger partial charge < -0.3 is 9.45 Å². The molecule has 0 bridgehead atoms. The summed E-state index contributed by atoms with van der Waals surface area (Å²) in [5, 5.41) is 4.66. The Morgan fingerprint density at radius 3 is 2.50 bits per heavy atom. The Hall–Kier alpha value is -2.03. The molecule has 1 fully saturated rings. The van der Waals surface area contributed by atoms with Crippen LogP contribution in [0.3, 0.4) is 0 Å². The van der Waals surface area contributed by atoms with E-state index in [0.29, 0.717) is 25.2 Å². The Balaban J connectivity index is 1.76. The Morgan fingerprint density at radius 1 is 1.25 bits per heavy atom. The molecular formula is C20H26N4O3S. The summed E-state index contributed by atoms with van der Waals surface area (Å²) in [6.07, 6.45) is 1.89. The van der Waals surface area contributed by atoms with Crippen molar-refractivity contribution in [2.24, 2.45) is 5.92 Å². The largest absolute Gasteiger partial charge is 0.598 e. The fraction of sp³-hybridized carbons (Fsp3) is 0.500. The summed E-state index contributed by atoms with van der Waals surface area (Å²) in [5.41, 5.74) is 3.29. The topological polar surface area (TPSA) is 81.5 Å². The van der Waals surface area contributed by atoms with E-state index in [0.717, 1.165) is 16.9 Å². The van der Waals surface area contributed by atoms with E-state index in [2.05, 4.69) is 18.9 Å². The molecule has 0 N–H and O–H groups in total. The number of para-hydroxylation sites is 1. The van der Waals surface area contributed by atoms with E-state index in [9.17, 15) is 13.6 Å². The van der Waals surface area contributed by atoms with Gasteiger partial charge in [0.2, 0.25) is 0 Å². The van der Waals surface area contributed by atoms with E-state index in [1.54, 1.807) is 4.68 Å². The number of benzene rings is 1. The lowest BCUT2D eigenvalue weighted by Gasteiger charge is -2.33. The quantitative estimate of drug-likeness (QED) is 0.736. The molecular weight excluding hydrogens is 376 g/mol. The predicted octanol–water partition coefficient (Wildman–Crippen LogP) is 2.58. The first-order valence-electron chi connectivity index (χ1n) is 9.63. The monoisotopic (exact) mass is 402 g/mol. The molecule has 1 saturated heterocycles. The third-order valence-electron chi connectivity index (χ3n) is 5.76. The maximum atomic E-state index is 13.6. The molecule has 8 heteroatoms. The van der Waals surface area contributed by atoms with Crippen molar-refractivity contribution >= 4 is 16.3 Å². The summed E-state index contributed by atoms with van der Waals surface area (Å²) in [6.45, 7) is 6.96. The highest BCUT2D eigenvalue weighted by molar-refractivity contribution is 7.94. The first kappa shape index (κ1) is 19.3. The van der Waals surface area contributed by atoms with Crippen molar-refractivity contribution in [3.8, 4) is 5.69 Å². The number of fused-ring (bicyclic) bond motifs is 1. The molecule has 4 rings (SSSR count).